The Balaban J connectivity index is 2.36. The second kappa shape index (κ2) is 9.82. The van der Waals surface area contributed by atoms with Crippen molar-refractivity contribution >= 4 is 11.8 Å². The highest BCUT2D eigenvalue weighted by Crippen LogP contribution is 2.26. The number of nitrogens with one attached hydrogen (secondary N) is 2. The molecule has 0 radical (unpaired) electrons. The molecular weight excluding hydrogens is 280 g/mol. The van der Waals surface area contributed by atoms with Gasteiger partial charge in [0, 0.05) is 19.1 Å². The highest BCUT2D eigenvalue weighted by Gasteiger charge is 2.23. The average Bonchev–Trinajstić information content (AvgIpc) is 2.47. The molecule has 2 unspecified atom stereocenters. The number of hydrogen-bond donors (Lipinski definition) is 3. The highest BCUT2D eigenvalue weighted by molar-refractivity contribution is 5.87. The fraction of sp³-hybridized carbons (Fsp3) is 0.882. The molecule has 5 nitrogen and oxygen atoms in total. The van der Waals surface area contributed by atoms with Crippen LogP contribution in [0.3, 0.4) is 0 Å². The van der Waals surface area contributed by atoms with Gasteiger partial charge in [-0.25, -0.2) is 0 Å². The van der Waals surface area contributed by atoms with Crippen molar-refractivity contribution in [3.05, 3.63) is 0 Å². The normalized spacial score (nSPS) is 18.8. The van der Waals surface area contributed by atoms with Gasteiger partial charge in [-0.15, -0.1) is 0 Å². The van der Waals surface area contributed by atoms with E-state index in [9.17, 15) is 9.59 Å². The molecule has 3 N–H and O–H groups in total. The van der Waals surface area contributed by atoms with Gasteiger partial charge in [-0.05, 0) is 38.0 Å². The molecule has 0 saturated heterocycles. The maximum absolute atomic E-state index is 12.2. The first-order chi connectivity index (χ1) is 10.4. The van der Waals surface area contributed by atoms with Crippen LogP contribution in [0.15, 0.2) is 0 Å². The summed E-state index contributed by atoms with van der Waals surface area (Å²) in [6.07, 6.45) is 7.02. The predicted molar refractivity (Wildman–Crippen MR) is 87.3 cm³/mol. The van der Waals surface area contributed by atoms with Crippen LogP contribution in [-0.4, -0.2) is 35.6 Å². The number of carbonyl (C=O) groups excluding carboxylic acids is 2. The van der Waals surface area contributed by atoms with Crippen LogP contribution in [0.4, 0.5) is 0 Å². The Bertz CT molecular complexity index is 352. The largest absolute Gasteiger partial charge is 0.396 e. The minimum atomic E-state index is -0.531. The van der Waals surface area contributed by atoms with Gasteiger partial charge >= 0.3 is 0 Å². The molecule has 1 rings (SSSR count). The summed E-state index contributed by atoms with van der Waals surface area (Å²) >= 11 is 0. The van der Waals surface area contributed by atoms with E-state index in [-0.39, 0.29) is 30.4 Å². The van der Waals surface area contributed by atoms with Crippen LogP contribution < -0.4 is 10.6 Å². The van der Waals surface area contributed by atoms with Crippen LogP contribution in [-0.2, 0) is 9.59 Å². The summed E-state index contributed by atoms with van der Waals surface area (Å²) in [4.78, 5) is 24.2. The van der Waals surface area contributed by atoms with E-state index in [1.165, 1.54) is 19.3 Å². The standard InChI is InChI=1S/C17H32N2O3/c1-12(2)15(9-10-20)19-17(22)13(3)18-16(21)11-14-7-5-4-6-8-14/h12-15,20H,4-11H2,1-3H3,(H,18,21)(H,19,22). The number of aliphatic hydroxyl groups excluding tert-OH is 1. The Labute approximate surface area is 134 Å². The number of amides is 2. The quantitative estimate of drug-likeness (QED) is 0.641. The molecule has 22 heavy (non-hydrogen) atoms. The lowest BCUT2D eigenvalue weighted by Crippen LogP contribution is -2.49. The summed E-state index contributed by atoms with van der Waals surface area (Å²) in [5.41, 5.74) is 0. The van der Waals surface area contributed by atoms with E-state index in [0.717, 1.165) is 12.8 Å². The van der Waals surface area contributed by atoms with Gasteiger partial charge in [0.2, 0.25) is 11.8 Å². The smallest absolute Gasteiger partial charge is 0.242 e. The van der Waals surface area contributed by atoms with Crippen molar-refractivity contribution < 1.29 is 14.7 Å². The van der Waals surface area contributed by atoms with E-state index in [4.69, 9.17) is 5.11 Å². The van der Waals surface area contributed by atoms with E-state index < -0.39 is 6.04 Å². The van der Waals surface area contributed by atoms with Crippen molar-refractivity contribution in [3.8, 4) is 0 Å². The molecule has 128 valence electrons. The van der Waals surface area contributed by atoms with Crippen LogP contribution >= 0.6 is 0 Å². The zero-order chi connectivity index (χ0) is 16.5. The number of hydrogen-bond acceptors (Lipinski definition) is 3. The maximum Gasteiger partial charge on any atom is 0.242 e. The van der Waals surface area contributed by atoms with Gasteiger partial charge < -0.3 is 15.7 Å². The summed E-state index contributed by atoms with van der Waals surface area (Å²) in [7, 11) is 0. The maximum atomic E-state index is 12.2. The third kappa shape index (κ3) is 6.77. The van der Waals surface area contributed by atoms with Crippen molar-refractivity contribution in [2.24, 2.45) is 11.8 Å². The Morgan fingerprint density at radius 1 is 1.09 bits per heavy atom. The van der Waals surface area contributed by atoms with Crippen molar-refractivity contribution in [3.63, 3.8) is 0 Å². The van der Waals surface area contributed by atoms with E-state index in [1.54, 1.807) is 6.92 Å². The first-order valence-electron chi connectivity index (χ1n) is 8.64. The molecule has 1 fully saturated rings. The monoisotopic (exact) mass is 312 g/mol. The molecular formula is C17H32N2O3. The van der Waals surface area contributed by atoms with Crippen LogP contribution in [0, 0.1) is 11.8 Å². The molecule has 1 aliphatic rings. The van der Waals surface area contributed by atoms with E-state index in [1.807, 2.05) is 13.8 Å². The predicted octanol–water partition coefficient (Wildman–Crippen LogP) is 1.98. The van der Waals surface area contributed by atoms with Gasteiger partial charge in [0.05, 0.1) is 0 Å². The van der Waals surface area contributed by atoms with Gasteiger partial charge in [-0.3, -0.25) is 9.59 Å². The van der Waals surface area contributed by atoms with Crippen LogP contribution in [0.5, 0.6) is 0 Å². The molecule has 0 heterocycles. The SMILES string of the molecule is CC(NC(=O)CC1CCCCC1)C(=O)NC(CCO)C(C)C. The van der Waals surface area contributed by atoms with E-state index in [0.29, 0.717) is 18.8 Å². The number of aliphatic hydroxyl groups is 1. The first-order valence-corrected chi connectivity index (χ1v) is 8.64. The molecule has 1 aliphatic carbocycles. The first kappa shape index (κ1) is 18.9. The third-order valence-electron chi connectivity index (χ3n) is 4.54. The Hall–Kier alpha value is -1.10. The van der Waals surface area contributed by atoms with Gasteiger partial charge in [0.25, 0.3) is 0 Å². The molecule has 0 aromatic rings. The van der Waals surface area contributed by atoms with E-state index >= 15 is 0 Å². The van der Waals surface area contributed by atoms with Crippen molar-refractivity contribution in [2.45, 2.75) is 77.8 Å². The summed E-state index contributed by atoms with van der Waals surface area (Å²) in [5.74, 6) is 0.519. The Kier molecular flexibility index (Phi) is 8.46. The minimum Gasteiger partial charge on any atom is -0.396 e. The summed E-state index contributed by atoms with van der Waals surface area (Å²) in [5, 5.41) is 14.8. The fourth-order valence-corrected chi connectivity index (χ4v) is 3.04. The second-order valence-electron chi connectivity index (χ2n) is 6.87. The second-order valence-corrected chi connectivity index (χ2v) is 6.87. The minimum absolute atomic E-state index is 0.0298. The zero-order valence-electron chi connectivity index (χ0n) is 14.2. The van der Waals surface area contributed by atoms with Gasteiger partial charge in [-0.2, -0.15) is 0 Å². The van der Waals surface area contributed by atoms with Gasteiger partial charge in [0.1, 0.15) is 6.04 Å². The summed E-state index contributed by atoms with van der Waals surface area (Å²) < 4.78 is 0. The molecule has 0 aromatic heterocycles. The molecule has 0 aliphatic heterocycles. The number of rotatable bonds is 8. The molecule has 2 atom stereocenters. The molecule has 1 saturated carbocycles. The summed E-state index contributed by atoms with van der Waals surface area (Å²) in [6, 6.07) is -0.591. The van der Waals surface area contributed by atoms with Crippen LogP contribution in [0.25, 0.3) is 0 Å². The molecule has 0 spiro atoms. The topological polar surface area (TPSA) is 78.4 Å². The highest BCUT2D eigenvalue weighted by atomic mass is 16.3. The average molecular weight is 312 g/mol. The van der Waals surface area contributed by atoms with Crippen molar-refractivity contribution in [1.82, 2.24) is 10.6 Å². The van der Waals surface area contributed by atoms with Gasteiger partial charge in [0.15, 0.2) is 0 Å². The molecule has 2 amide bonds. The van der Waals surface area contributed by atoms with Crippen molar-refractivity contribution in [2.75, 3.05) is 6.61 Å². The molecule has 0 bridgehead atoms. The van der Waals surface area contributed by atoms with Crippen molar-refractivity contribution in [1.29, 1.82) is 0 Å². The Morgan fingerprint density at radius 3 is 2.27 bits per heavy atom. The Morgan fingerprint density at radius 2 is 1.73 bits per heavy atom. The van der Waals surface area contributed by atoms with E-state index in [2.05, 4.69) is 10.6 Å². The third-order valence-corrected chi connectivity index (χ3v) is 4.54. The fourth-order valence-electron chi connectivity index (χ4n) is 3.04. The molecule has 5 heteroatoms. The van der Waals surface area contributed by atoms with Gasteiger partial charge in [-0.1, -0.05) is 33.1 Å². The lowest BCUT2D eigenvalue weighted by Gasteiger charge is -2.25. The summed E-state index contributed by atoms with van der Waals surface area (Å²) in [6.45, 7) is 5.77. The lowest BCUT2D eigenvalue weighted by molar-refractivity contribution is -0.129. The molecule has 0 aromatic carbocycles. The van der Waals surface area contributed by atoms with Crippen LogP contribution in [0.2, 0.25) is 0 Å². The van der Waals surface area contributed by atoms with Crippen LogP contribution in [0.1, 0.15) is 65.7 Å². The number of carbonyl (C=O) groups is 2. The zero-order valence-corrected chi connectivity index (χ0v) is 14.2. The lowest BCUT2D eigenvalue weighted by atomic mass is 9.87.